The summed E-state index contributed by atoms with van der Waals surface area (Å²) in [7, 11) is 1.36. The Bertz CT molecular complexity index is 976. The minimum atomic E-state index is -0.390. The molecule has 4 rings (SSSR count). The molecule has 1 aliphatic rings. The molecule has 0 fully saturated rings. The van der Waals surface area contributed by atoms with Crippen molar-refractivity contribution in [3.05, 3.63) is 71.4 Å². The van der Waals surface area contributed by atoms with Crippen molar-refractivity contribution in [2.45, 2.75) is 13.0 Å². The minimum absolute atomic E-state index is 0.383. The van der Waals surface area contributed by atoms with E-state index in [1.165, 1.54) is 18.2 Å². The Balaban J connectivity index is 1.53. The van der Waals surface area contributed by atoms with Gasteiger partial charge in [-0.3, -0.25) is 0 Å². The fourth-order valence-electron chi connectivity index (χ4n) is 3.16. The number of esters is 1. The quantitative estimate of drug-likeness (QED) is 0.716. The highest BCUT2D eigenvalue weighted by Crippen LogP contribution is 2.23. The Kier molecular flexibility index (Phi) is 4.65. The van der Waals surface area contributed by atoms with Gasteiger partial charge in [0.2, 0.25) is 5.95 Å². The average Bonchev–Trinajstić information content (AvgIpc) is 2.73. The van der Waals surface area contributed by atoms with Crippen molar-refractivity contribution in [1.82, 2.24) is 15.2 Å². The molecule has 2 heterocycles. The maximum atomic E-state index is 11.7. The Hall–Kier alpha value is -3.48. The lowest BCUT2D eigenvalue weighted by Crippen LogP contribution is -2.31. The van der Waals surface area contributed by atoms with E-state index < -0.39 is 5.97 Å². The summed E-state index contributed by atoms with van der Waals surface area (Å²) < 4.78 is 4.75. The van der Waals surface area contributed by atoms with Crippen molar-refractivity contribution in [2.75, 3.05) is 23.9 Å². The monoisotopic (exact) mass is 361 g/mol. The smallest absolute Gasteiger partial charge is 0.337 e. The molecule has 2 aromatic carbocycles. The first-order chi connectivity index (χ1) is 13.2. The number of carbonyl (C=O) groups is 1. The summed E-state index contributed by atoms with van der Waals surface area (Å²) in [4.78, 5) is 18.5. The summed E-state index contributed by atoms with van der Waals surface area (Å²) in [5.41, 5.74) is 3.84. The molecule has 7 nitrogen and oxygen atoms in total. The van der Waals surface area contributed by atoms with E-state index in [4.69, 9.17) is 4.74 Å². The number of ether oxygens (including phenoxy) is 1. The highest BCUT2D eigenvalue weighted by Gasteiger charge is 2.18. The summed E-state index contributed by atoms with van der Waals surface area (Å²) in [5, 5.41) is 11.2. The zero-order chi connectivity index (χ0) is 18.6. The average molecular weight is 361 g/mol. The van der Waals surface area contributed by atoms with Crippen LogP contribution in [0.1, 0.15) is 21.5 Å². The number of nitrogens with zero attached hydrogens (tertiary/aromatic N) is 4. The predicted molar refractivity (Wildman–Crippen MR) is 102 cm³/mol. The maximum absolute atomic E-state index is 11.7. The molecule has 1 aliphatic heterocycles. The third kappa shape index (κ3) is 3.72. The Morgan fingerprint density at radius 2 is 2.00 bits per heavy atom. The highest BCUT2D eigenvalue weighted by atomic mass is 16.5. The second-order valence-corrected chi connectivity index (χ2v) is 6.28. The molecule has 7 heteroatoms. The second kappa shape index (κ2) is 7.41. The van der Waals surface area contributed by atoms with Gasteiger partial charge in [-0.15, -0.1) is 5.10 Å². The van der Waals surface area contributed by atoms with E-state index in [2.05, 4.69) is 49.7 Å². The van der Waals surface area contributed by atoms with E-state index in [1.54, 1.807) is 24.4 Å². The van der Waals surface area contributed by atoms with Gasteiger partial charge in [-0.2, -0.15) is 10.1 Å². The number of aromatic nitrogens is 3. The summed E-state index contributed by atoms with van der Waals surface area (Å²) in [6.45, 7) is 1.68. The molecule has 0 bridgehead atoms. The number of hydrogen-bond donors (Lipinski definition) is 1. The van der Waals surface area contributed by atoms with Crippen molar-refractivity contribution in [3.63, 3.8) is 0 Å². The minimum Gasteiger partial charge on any atom is -0.465 e. The molecular formula is C20H19N5O2. The van der Waals surface area contributed by atoms with Crippen molar-refractivity contribution in [2.24, 2.45) is 0 Å². The Labute approximate surface area is 157 Å². The zero-order valence-corrected chi connectivity index (χ0v) is 14.9. The number of rotatable bonds is 4. The number of carbonyl (C=O) groups excluding carboxylic acids is 1. The van der Waals surface area contributed by atoms with Gasteiger partial charge in [0.1, 0.15) is 0 Å². The predicted octanol–water partition coefficient (Wildman–Crippen LogP) is 2.96. The second-order valence-electron chi connectivity index (χ2n) is 6.28. The summed E-state index contributed by atoms with van der Waals surface area (Å²) in [6, 6.07) is 15.4. The molecule has 1 aromatic heterocycles. The van der Waals surface area contributed by atoms with E-state index in [9.17, 15) is 4.79 Å². The SMILES string of the molecule is COC(=O)c1cccc(Nc2nncc(N3CCc4ccccc4C3)n2)c1. The van der Waals surface area contributed by atoms with Gasteiger partial charge in [-0.25, -0.2) is 4.79 Å². The van der Waals surface area contributed by atoms with E-state index in [-0.39, 0.29) is 0 Å². The van der Waals surface area contributed by atoms with E-state index >= 15 is 0 Å². The lowest BCUT2D eigenvalue weighted by molar-refractivity contribution is 0.0601. The van der Waals surface area contributed by atoms with Crippen LogP contribution in [0.25, 0.3) is 0 Å². The van der Waals surface area contributed by atoms with Crippen LogP contribution >= 0.6 is 0 Å². The van der Waals surface area contributed by atoms with Crippen LogP contribution in [0.5, 0.6) is 0 Å². The van der Waals surface area contributed by atoms with Crippen LogP contribution in [0.2, 0.25) is 0 Å². The number of fused-ring (bicyclic) bond motifs is 1. The van der Waals surface area contributed by atoms with Gasteiger partial charge >= 0.3 is 5.97 Å². The molecule has 27 heavy (non-hydrogen) atoms. The van der Waals surface area contributed by atoms with Crippen molar-refractivity contribution < 1.29 is 9.53 Å². The topological polar surface area (TPSA) is 80.2 Å². The van der Waals surface area contributed by atoms with Crippen molar-refractivity contribution >= 4 is 23.4 Å². The third-order valence-electron chi connectivity index (χ3n) is 4.54. The van der Waals surface area contributed by atoms with E-state index in [1.807, 2.05) is 6.07 Å². The van der Waals surface area contributed by atoms with Crippen molar-refractivity contribution in [3.8, 4) is 0 Å². The fraction of sp³-hybridized carbons (Fsp3) is 0.200. The van der Waals surface area contributed by atoms with Crippen LogP contribution < -0.4 is 10.2 Å². The van der Waals surface area contributed by atoms with Gasteiger partial charge in [0.25, 0.3) is 0 Å². The highest BCUT2D eigenvalue weighted by molar-refractivity contribution is 5.90. The molecule has 0 spiro atoms. The number of hydrogen-bond acceptors (Lipinski definition) is 7. The van der Waals surface area contributed by atoms with Gasteiger partial charge in [0.15, 0.2) is 5.82 Å². The molecule has 0 amide bonds. The summed E-state index contributed by atoms with van der Waals surface area (Å²) in [6.07, 6.45) is 2.65. The molecule has 0 aliphatic carbocycles. The van der Waals surface area contributed by atoms with Crippen LogP contribution in [0.3, 0.4) is 0 Å². The van der Waals surface area contributed by atoms with Gasteiger partial charge in [0, 0.05) is 18.8 Å². The number of nitrogens with one attached hydrogen (secondary N) is 1. The first-order valence-electron chi connectivity index (χ1n) is 8.70. The van der Waals surface area contributed by atoms with Gasteiger partial charge in [-0.1, -0.05) is 30.3 Å². The number of benzene rings is 2. The van der Waals surface area contributed by atoms with Crippen LogP contribution in [-0.2, 0) is 17.7 Å². The van der Waals surface area contributed by atoms with Crippen molar-refractivity contribution in [1.29, 1.82) is 0 Å². The van der Waals surface area contributed by atoms with Crippen LogP contribution in [-0.4, -0.2) is 34.8 Å². The van der Waals surface area contributed by atoms with E-state index in [0.29, 0.717) is 17.2 Å². The fourth-order valence-corrected chi connectivity index (χ4v) is 3.16. The zero-order valence-electron chi connectivity index (χ0n) is 14.9. The largest absolute Gasteiger partial charge is 0.465 e. The normalized spacial score (nSPS) is 13.0. The lowest BCUT2D eigenvalue weighted by atomic mass is 10.0. The van der Waals surface area contributed by atoms with Gasteiger partial charge in [0.05, 0.1) is 18.9 Å². The standard InChI is InChI=1S/C20H19N5O2/c1-27-19(26)15-7-4-8-17(11-15)22-20-23-18(12-21-24-20)25-10-9-14-5-2-3-6-16(14)13-25/h2-8,11-12H,9-10,13H2,1H3,(H,22,23,24). The van der Waals surface area contributed by atoms with Gasteiger partial charge < -0.3 is 15.0 Å². The first-order valence-corrected chi connectivity index (χ1v) is 8.70. The van der Waals surface area contributed by atoms with E-state index in [0.717, 1.165) is 25.3 Å². The molecule has 0 atom stereocenters. The molecule has 136 valence electrons. The molecule has 0 saturated heterocycles. The molecule has 0 radical (unpaired) electrons. The lowest BCUT2D eigenvalue weighted by Gasteiger charge is -2.29. The van der Waals surface area contributed by atoms with Crippen LogP contribution in [0, 0.1) is 0 Å². The molecule has 3 aromatic rings. The Morgan fingerprint density at radius 1 is 1.15 bits per heavy atom. The number of methoxy groups -OCH3 is 1. The molecular weight excluding hydrogens is 342 g/mol. The summed E-state index contributed by atoms with van der Waals surface area (Å²) in [5.74, 6) is 0.762. The molecule has 0 unspecified atom stereocenters. The molecule has 1 N–H and O–H groups in total. The molecule has 0 saturated carbocycles. The van der Waals surface area contributed by atoms with Crippen LogP contribution in [0.4, 0.5) is 17.5 Å². The van der Waals surface area contributed by atoms with Gasteiger partial charge in [-0.05, 0) is 35.7 Å². The first kappa shape index (κ1) is 17.0. The Morgan fingerprint density at radius 3 is 2.85 bits per heavy atom. The third-order valence-corrected chi connectivity index (χ3v) is 4.54. The number of anilines is 3. The summed E-state index contributed by atoms with van der Waals surface area (Å²) >= 11 is 0. The maximum Gasteiger partial charge on any atom is 0.337 e. The van der Waals surface area contributed by atoms with Crippen LogP contribution in [0.15, 0.2) is 54.7 Å².